The largest absolute Gasteiger partial charge is 0.293 e. The fourth-order valence-corrected chi connectivity index (χ4v) is 1.63. The maximum atomic E-state index is 11.2. The molecule has 13 heavy (non-hydrogen) atoms. The van der Waals surface area contributed by atoms with Crippen LogP contribution in [0.1, 0.15) is 13.3 Å². The molecule has 0 aliphatic carbocycles. The molecule has 0 aliphatic rings. The SMILES string of the molecule is CCC(Sc1ncn[nH]1)C(=O)NN. The van der Waals surface area contributed by atoms with Crippen molar-refractivity contribution in [3.8, 4) is 0 Å². The minimum absolute atomic E-state index is 0.205. The summed E-state index contributed by atoms with van der Waals surface area (Å²) in [6.45, 7) is 1.91. The molecule has 1 aromatic heterocycles. The first-order valence-electron chi connectivity index (χ1n) is 3.80. The van der Waals surface area contributed by atoms with E-state index in [0.717, 1.165) is 0 Å². The summed E-state index contributed by atoms with van der Waals surface area (Å²) in [5, 5.41) is 6.73. The number of aromatic amines is 1. The van der Waals surface area contributed by atoms with Crippen molar-refractivity contribution in [1.82, 2.24) is 20.6 Å². The predicted molar refractivity (Wildman–Crippen MR) is 48.6 cm³/mol. The third-order valence-electron chi connectivity index (χ3n) is 1.45. The smallest absolute Gasteiger partial charge is 0.247 e. The van der Waals surface area contributed by atoms with Crippen molar-refractivity contribution in [3.63, 3.8) is 0 Å². The molecule has 0 saturated heterocycles. The maximum Gasteiger partial charge on any atom is 0.247 e. The number of aromatic nitrogens is 3. The van der Waals surface area contributed by atoms with Crippen LogP contribution in [0.15, 0.2) is 11.5 Å². The highest BCUT2D eigenvalue weighted by Crippen LogP contribution is 2.20. The lowest BCUT2D eigenvalue weighted by Crippen LogP contribution is -2.37. The molecule has 6 nitrogen and oxygen atoms in total. The Morgan fingerprint density at radius 2 is 2.69 bits per heavy atom. The molecule has 1 atom stereocenters. The fourth-order valence-electron chi connectivity index (χ4n) is 0.801. The van der Waals surface area contributed by atoms with Crippen LogP contribution >= 0.6 is 11.8 Å². The number of hydrazine groups is 1. The zero-order valence-electron chi connectivity index (χ0n) is 7.15. The number of amides is 1. The Kier molecular flexibility index (Phi) is 3.71. The Hall–Kier alpha value is -1.08. The molecule has 0 aliphatic heterocycles. The first-order valence-corrected chi connectivity index (χ1v) is 4.68. The van der Waals surface area contributed by atoms with Crippen LogP contribution in [0.25, 0.3) is 0 Å². The molecule has 0 aromatic carbocycles. The van der Waals surface area contributed by atoms with Crippen LogP contribution in [0, 0.1) is 0 Å². The van der Waals surface area contributed by atoms with Gasteiger partial charge in [0.25, 0.3) is 0 Å². The molecule has 72 valence electrons. The van der Waals surface area contributed by atoms with E-state index in [2.05, 4.69) is 20.6 Å². The number of rotatable bonds is 4. The average molecular weight is 201 g/mol. The Balaban J connectivity index is 2.54. The zero-order chi connectivity index (χ0) is 9.68. The molecule has 4 N–H and O–H groups in total. The normalized spacial score (nSPS) is 12.5. The third kappa shape index (κ3) is 2.71. The zero-order valence-corrected chi connectivity index (χ0v) is 7.97. The van der Waals surface area contributed by atoms with E-state index in [0.29, 0.717) is 11.6 Å². The van der Waals surface area contributed by atoms with Gasteiger partial charge in [-0.2, -0.15) is 5.10 Å². The number of nitrogens with zero attached hydrogens (tertiary/aromatic N) is 2. The molecule has 0 bridgehead atoms. The van der Waals surface area contributed by atoms with Gasteiger partial charge in [-0.3, -0.25) is 15.3 Å². The van der Waals surface area contributed by atoms with Gasteiger partial charge >= 0.3 is 0 Å². The van der Waals surface area contributed by atoms with E-state index in [1.807, 2.05) is 6.92 Å². The summed E-state index contributed by atoms with van der Waals surface area (Å²) in [7, 11) is 0. The van der Waals surface area contributed by atoms with Gasteiger partial charge in [0.15, 0.2) is 5.16 Å². The van der Waals surface area contributed by atoms with Gasteiger partial charge in [-0.1, -0.05) is 18.7 Å². The van der Waals surface area contributed by atoms with E-state index in [-0.39, 0.29) is 11.2 Å². The van der Waals surface area contributed by atoms with Crippen molar-refractivity contribution >= 4 is 17.7 Å². The van der Waals surface area contributed by atoms with Crippen LogP contribution in [0.5, 0.6) is 0 Å². The number of thioether (sulfide) groups is 1. The quantitative estimate of drug-likeness (QED) is 0.268. The molecule has 0 saturated carbocycles. The lowest BCUT2D eigenvalue weighted by Gasteiger charge is -2.09. The van der Waals surface area contributed by atoms with Gasteiger partial charge < -0.3 is 0 Å². The molecule has 1 unspecified atom stereocenters. The van der Waals surface area contributed by atoms with Gasteiger partial charge in [0, 0.05) is 0 Å². The topological polar surface area (TPSA) is 96.7 Å². The van der Waals surface area contributed by atoms with Crippen LogP contribution in [-0.4, -0.2) is 26.3 Å². The molecule has 1 amide bonds. The van der Waals surface area contributed by atoms with Crippen LogP contribution in [-0.2, 0) is 4.79 Å². The number of H-pyrrole nitrogens is 1. The Bertz CT molecular complexity index is 262. The molecule has 0 spiro atoms. The summed E-state index contributed by atoms with van der Waals surface area (Å²) in [5.41, 5.74) is 2.11. The van der Waals surface area contributed by atoms with Crippen LogP contribution in [0.3, 0.4) is 0 Å². The van der Waals surface area contributed by atoms with Gasteiger partial charge in [-0.05, 0) is 6.42 Å². The average Bonchev–Trinajstić information content (AvgIpc) is 2.65. The summed E-state index contributed by atoms with van der Waals surface area (Å²) in [4.78, 5) is 15.0. The highest BCUT2D eigenvalue weighted by atomic mass is 32.2. The van der Waals surface area contributed by atoms with Gasteiger partial charge in [-0.15, -0.1) is 0 Å². The highest BCUT2D eigenvalue weighted by Gasteiger charge is 2.17. The van der Waals surface area contributed by atoms with E-state index in [4.69, 9.17) is 5.84 Å². The van der Waals surface area contributed by atoms with Crippen LogP contribution in [0.2, 0.25) is 0 Å². The van der Waals surface area contributed by atoms with E-state index >= 15 is 0 Å². The number of carbonyl (C=O) groups is 1. The maximum absolute atomic E-state index is 11.2. The van der Waals surface area contributed by atoms with Crippen molar-refractivity contribution < 1.29 is 4.79 Å². The van der Waals surface area contributed by atoms with Crippen LogP contribution in [0.4, 0.5) is 0 Å². The van der Waals surface area contributed by atoms with Crippen molar-refractivity contribution in [3.05, 3.63) is 6.33 Å². The van der Waals surface area contributed by atoms with Crippen molar-refractivity contribution in [1.29, 1.82) is 0 Å². The number of hydrogen-bond donors (Lipinski definition) is 3. The van der Waals surface area contributed by atoms with Crippen molar-refractivity contribution in [2.24, 2.45) is 5.84 Å². The van der Waals surface area contributed by atoms with Gasteiger partial charge in [0.2, 0.25) is 5.91 Å². The minimum atomic E-state index is -0.224. The monoisotopic (exact) mass is 201 g/mol. The molecular weight excluding hydrogens is 190 g/mol. The summed E-state index contributed by atoms with van der Waals surface area (Å²) in [5.74, 6) is 4.81. The molecule has 1 aromatic rings. The lowest BCUT2D eigenvalue weighted by atomic mass is 10.3. The fraction of sp³-hybridized carbons (Fsp3) is 0.500. The summed E-state index contributed by atoms with van der Waals surface area (Å²) in [6.07, 6.45) is 2.09. The second-order valence-electron chi connectivity index (χ2n) is 2.31. The van der Waals surface area contributed by atoms with Gasteiger partial charge in [0.1, 0.15) is 6.33 Å². The summed E-state index contributed by atoms with van der Waals surface area (Å²) < 4.78 is 0. The van der Waals surface area contributed by atoms with Gasteiger partial charge in [-0.25, -0.2) is 10.8 Å². The first kappa shape index (κ1) is 10.0. The molecule has 0 fully saturated rings. The van der Waals surface area contributed by atoms with E-state index in [1.54, 1.807) is 0 Å². The van der Waals surface area contributed by atoms with Crippen molar-refractivity contribution in [2.75, 3.05) is 0 Å². The molecular formula is C6H11N5OS. The second kappa shape index (κ2) is 4.83. The molecule has 7 heteroatoms. The molecule has 1 heterocycles. The second-order valence-corrected chi connectivity index (χ2v) is 3.51. The standard InChI is InChI=1S/C6H11N5OS/c1-2-4(5(12)10-7)13-6-8-3-9-11-6/h3-4H,2,7H2,1H3,(H,10,12)(H,8,9,11). The lowest BCUT2D eigenvalue weighted by molar-refractivity contribution is -0.120. The Labute approximate surface area is 79.7 Å². The number of nitrogens with one attached hydrogen (secondary N) is 2. The van der Waals surface area contributed by atoms with Crippen molar-refractivity contribution in [2.45, 2.75) is 23.8 Å². The van der Waals surface area contributed by atoms with Crippen LogP contribution < -0.4 is 11.3 Å². The van der Waals surface area contributed by atoms with E-state index < -0.39 is 0 Å². The predicted octanol–water partition coefficient (Wildman–Crippen LogP) is -0.335. The van der Waals surface area contributed by atoms with E-state index in [9.17, 15) is 4.79 Å². The number of hydrogen-bond acceptors (Lipinski definition) is 5. The number of nitrogens with two attached hydrogens (primary N) is 1. The Morgan fingerprint density at radius 3 is 3.15 bits per heavy atom. The third-order valence-corrected chi connectivity index (χ3v) is 2.70. The molecule has 0 radical (unpaired) electrons. The highest BCUT2D eigenvalue weighted by molar-refractivity contribution is 8.00. The van der Waals surface area contributed by atoms with E-state index in [1.165, 1.54) is 18.1 Å². The first-order chi connectivity index (χ1) is 6.27. The summed E-state index contributed by atoms with van der Waals surface area (Å²) >= 11 is 1.31. The van der Waals surface area contributed by atoms with Gasteiger partial charge in [0.05, 0.1) is 5.25 Å². The minimum Gasteiger partial charge on any atom is -0.293 e. The number of carbonyl (C=O) groups excluding carboxylic acids is 1. The molecule has 1 rings (SSSR count). The summed E-state index contributed by atoms with van der Waals surface area (Å²) in [6, 6.07) is 0. The Morgan fingerprint density at radius 1 is 1.92 bits per heavy atom.